The molecule has 0 saturated carbocycles. The van der Waals surface area contributed by atoms with Gasteiger partial charge in [0.2, 0.25) is 5.69 Å². The van der Waals surface area contributed by atoms with Crippen molar-refractivity contribution in [3.8, 4) is 11.3 Å². The molecule has 0 fully saturated rings. The van der Waals surface area contributed by atoms with Crippen LogP contribution in [-0.2, 0) is 7.05 Å². The van der Waals surface area contributed by atoms with Crippen LogP contribution in [0, 0.1) is 6.92 Å². The van der Waals surface area contributed by atoms with E-state index in [1.54, 1.807) is 0 Å². The molecule has 3 heteroatoms. The highest BCUT2D eigenvalue weighted by Crippen LogP contribution is 2.43. The fourth-order valence-corrected chi connectivity index (χ4v) is 6.76. The SMILES string of the molecule is Cc1ccccc1-c1c2sc3cc4sc5ccccc5c4cc3c2cc[n+]1C. The molecule has 0 aliphatic rings. The van der Waals surface area contributed by atoms with Gasteiger partial charge < -0.3 is 0 Å². The Hall–Kier alpha value is -2.75. The third kappa shape index (κ3) is 2.20. The lowest BCUT2D eigenvalue weighted by molar-refractivity contribution is -0.659. The summed E-state index contributed by atoms with van der Waals surface area (Å²) in [7, 11) is 2.15. The summed E-state index contributed by atoms with van der Waals surface area (Å²) < 4.78 is 7.75. The van der Waals surface area contributed by atoms with Crippen LogP contribution in [0.25, 0.3) is 51.6 Å². The van der Waals surface area contributed by atoms with Crippen molar-refractivity contribution in [2.45, 2.75) is 6.92 Å². The van der Waals surface area contributed by atoms with Gasteiger partial charge in [0, 0.05) is 41.7 Å². The van der Waals surface area contributed by atoms with Crippen molar-refractivity contribution in [2.75, 3.05) is 0 Å². The molecule has 0 saturated heterocycles. The second kappa shape index (κ2) is 5.87. The van der Waals surface area contributed by atoms with Gasteiger partial charge in [0.15, 0.2) is 6.20 Å². The molecule has 28 heavy (non-hydrogen) atoms. The monoisotopic (exact) mass is 396 g/mol. The summed E-state index contributed by atoms with van der Waals surface area (Å²) in [6.07, 6.45) is 2.20. The van der Waals surface area contributed by atoms with Crippen LogP contribution in [0.3, 0.4) is 0 Å². The van der Waals surface area contributed by atoms with Gasteiger partial charge in [-0.1, -0.05) is 36.4 Å². The van der Waals surface area contributed by atoms with E-state index in [9.17, 15) is 0 Å². The van der Waals surface area contributed by atoms with E-state index in [2.05, 4.69) is 91.5 Å². The maximum Gasteiger partial charge on any atom is 0.230 e. The number of pyridine rings is 1. The van der Waals surface area contributed by atoms with Gasteiger partial charge >= 0.3 is 0 Å². The predicted octanol–water partition coefficient (Wildman–Crippen LogP) is 7.22. The molecular formula is C25H18NS2+. The summed E-state index contributed by atoms with van der Waals surface area (Å²) in [6, 6.07) is 24.5. The van der Waals surface area contributed by atoms with Crippen LogP contribution in [0.4, 0.5) is 0 Å². The minimum Gasteiger partial charge on any atom is -0.200 e. The third-order valence-corrected chi connectivity index (χ3v) is 7.97. The number of aromatic nitrogens is 1. The van der Waals surface area contributed by atoms with Gasteiger partial charge in [0.25, 0.3) is 0 Å². The van der Waals surface area contributed by atoms with E-state index in [1.807, 2.05) is 22.7 Å². The molecule has 0 radical (unpaired) electrons. The van der Waals surface area contributed by atoms with E-state index < -0.39 is 0 Å². The van der Waals surface area contributed by atoms with Crippen LogP contribution < -0.4 is 4.57 Å². The highest BCUT2D eigenvalue weighted by atomic mass is 32.1. The van der Waals surface area contributed by atoms with E-state index in [-0.39, 0.29) is 0 Å². The van der Waals surface area contributed by atoms with Crippen LogP contribution in [0.15, 0.2) is 72.9 Å². The Balaban J connectivity index is 1.75. The summed E-state index contributed by atoms with van der Waals surface area (Å²) in [5.41, 5.74) is 3.94. The Morgan fingerprint density at radius 1 is 0.679 bits per heavy atom. The molecule has 0 aliphatic heterocycles. The third-order valence-electron chi connectivity index (χ3n) is 5.66. The van der Waals surface area contributed by atoms with Gasteiger partial charge in [0.05, 0.1) is 5.56 Å². The molecule has 6 rings (SSSR count). The van der Waals surface area contributed by atoms with Crippen molar-refractivity contribution in [2.24, 2.45) is 7.05 Å². The molecule has 0 amide bonds. The smallest absolute Gasteiger partial charge is 0.200 e. The number of hydrogen-bond donors (Lipinski definition) is 0. The summed E-state index contributed by atoms with van der Waals surface area (Å²) in [6.45, 7) is 2.20. The number of benzene rings is 3. The number of hydrogen-bond acceptors (Lipinski definition) is 2. The van der Waals surface area contributed by atoms with E-state index in [0.717, 1.165) is 0 Å². The largest absolute Gasteiger partial charge is 0.230 e. The molecule has 134 valence electrons. The minimum absolute atomic E-state index is 1.31. The van der Waals surface area contributed by atoms with Crippen molar-refractivity contribution >= 4 is 63.0 Å². The van der Waals surface area contributed by atoms with Crippen LogP contribution in [0.2, 0.25) is 0 Å². The van der Waals surface area contributed by atoms with Crippen LogP contribution >= 0.6 is 22.7 Å². The summed E-state index contributed by atoms with van der Waals surface area (Å²) in [5.74, 6) is 0. The van der Waals surface area contributed by atoms with Crippen LogP contribution in [0.5, 0.6) is 0 Å². The normalized spacial score (nSPS) is 11.9. The lowest BCUT2D eigenvalue weighted by Gasteiger charge is -2.05. The summed E-state index contributed by atoms with van der Waals surface area (Å²) >= 11 is 3.81. The maximum absolute atomic E-state index is 2.41. The first-order valence-electron chi connectivity index (χ1n) is 9.43. The minimum atomic E-state index is 1.31. The molecule has 3 heterocycles. The highest BCUT2D eigenvalue weighted by molar-refractivity contribution is 7.28. The zero-order chi connectivity index (χ0) is 18.8. The second-order valence-electron chi connectivity index (χ2n) is 7.38. The number of fused-ring (bicyclic) bond motifs is 6. The van der Waals surface area contributed by atoms with Gasteiger partial charge in [-0.05, 0) is 36.8 Å². The number of thiophene rings is 2. The van der Waals surface area contributed by atoms with Gasteiger partial charge in [-0.15, -0.1) is 22.7 Å². The van der Waals surface area contributed by atoms with Gasteiger partial charge in [0.1, 0.15) is 11.7 Å². The molecule has 1 nitrogen and oxygen atoms in total. The second-order valence-corrected chi connectivity index (χ2v) is 9.51. The number of rotatable bonds is 1. The van der Waals surface area contributed by atoms with Crippen molar-refractivity contribution in [3.63, 3.8) is 0 Å². The zero-order valence-electron chi connectivity index (χ0n) is 15.7. The van der Waals surface area contributed by atoms with Gasteiger partial charge in [-0.25, -0.2) is 0 Å². The topological polar surface area (TPSA) is 3.88 Å². The Morgan fingerprint density at radius 2 is 1.43 bits per heavy atom. The molecular weight excluding hydrogens is 378 g/mol. The molecule has 0 N–H and O–H groups in total. The molecule has 0 atom stereocenters. The van der Waals surface area contributed by atoms with E-state index in [0.29, 0.717) is 0 Å². The summed E-state index contributed by atoms with van der Waals surface area (Å²) in [5, 5.41) is 5.46. The van der Waals surface area contributed by atoms with Crippen LogP contribution in [-0.4, -0.2) is 0 Å². The van der Waals surface area contributed by atoms with Crippen molar-refractivity contribution in [1.82, 2.24) is 0 Å². The standard InChI is InChI=1S/C25H18NS2/c1-15-7-3-4-8-16(15)24-25-18(11-12-26(24)2)20-13-19-17-9-5-6-10-21(17)27-22(19)14-23(20)28-25/h3-14H,1-2H3/q+1. The Labute approximate surface area is 171 Å². The van der Waals surface area contributed by atoms with Crippen molar-refractivity contribution in [3.05, 3.63) is 78.5 Å². The Bertz CT molecular complexity index is 1530. The molecule has 3 aromatic carbocycles. The predicted molar refractivity (Wildman–Crippen MR) is 124 cm³/mol. The van der Waals surface area contributed by atoms with Gasteiger partial charge in [-0.3, -0.25) is 0 Å². The lowest BCUT2D eigenvalue weighted by atomic mass is 10.0. The fourth-order valence-electron chi connectivity index (χ4n) is 4.25. The highest BCUT2D eigenvalue weighted by Gasteiger charge is 2.21. The van der Waals surface area contributed by atoms with E-state index >= 15 is 0 Å². The molecule has 0 aliphatic carbocycles. The first-order valence-corrected chi connectivity index (χ1v) is 11.1. The molecule has 3 aromatic heterocycles. The number of aryl methyl sites for hydroxylation is 2. The molecule has 0 unspecified atom stereocenters. The fraction of sp³-hybridized carbons (Fsp3) is 0.0800. The molecule has 0 spiro atoms. The van der Waals surface area contributed by atoms with E-state index in [4.69, 9.17) is 0 Å². The first-order chi connectivity index (χ1) is 13.7. The van der Waals surface area contributed by atoms with Crippen molar-refractivity contribution < 1.29 is 4.57 Å². The molecule has 6 aromatic rings. The van der Waals surface area contributed by atoms with E-state index in [1.165, 1.54) is 57.2 Å². The Kier molecular flexibility index (Phi) is 3.40. The first kappa shape index (κ1) is 16.2. The summed E-state index contributed by atoms with van der Waals surface area (Å²) in [4.78, 5) is 0. The quantitative estimate of drug-likeness (QED) is 0.258. The average molecular weight is 397 g/mol. The maximum atomic E-state index is 2.41. The molecule has 0 bridgehead atoms. The van der Waals surface area contributed by atoms with Crippen LogP contribution in [0.1, 0.15) is 5.56 Å². The zero-order valence-corrected chi connectivity index (χ0v) is 17.3. The Morgan fingerprint density at radius 3 is 2.32 bits per heavy atom. The lowest BCUT2D eigenvalue weighted by Crippen LogP contribution is -2.30. The average Bonchev–Trinajstić information content (AvgIpc) is 3.24. The van der Waals surface area contributed by atoms with Gasteiger partial charge in [-0.2, -0.15) is 4.57 Å². The number of nitrogens with zero attached hydrogens (tertiary/aromatic N) is 1. The van der Waals surface area contributed by atoms with Crippen molar-refractivity contribution in [1.29, 1.82) is 0 Å².